The van der Waals surface area contributed by atoms with E-state index in [0.29, 0.717) is 30.0 Å². The van der Waals surface area contributed by atoms with E-state index in [1.54, 1.807) is 12.1 Å². The lowest BCUT2D eigenvalue weighted by molar-refractivity contribution is -0.115. The summed E-state index contributed by atoms with van der Waals surface area (Å²) in [5.41, 5.74) is 4.68. The molecule has 0 atom stereocenters. The maximum atomic E-state index is 12.9. The van der Waals surface area contributed by atoms with Gasteiger partial charge in [-0.3, -0.25) is 4.79 Å². The number of ether oxygens (including phenoxy) is 1. The molecule has 0 saturated heterocycles. The molecule has 5 aromatic rings. The van der Waals surface area contributed by atoms with E-state index in [0.717, 1.165) is 33.0 Å². The largest absolute Gasteiger partial charge is 0.487 e. The predicted molar refractivity (Wildman–Crippen MR) is 150 cm³/mol. The molecule has 2 N–H and O–H groups in total. The number of aromatic carboxylic acids is 1. The van der Waals surface area contributed by atoms with Crippen LogP contribution < -0.4 is 10.1 Å². The van der Waals surface area contributed by atoms with Crippen molar-refractivity contribution >= 4 is 28.3 Å². The van der Waals surface area contributed by atoms with Crippen molar-refractivity contribution in [3.8, 4) is 5.75 Å². The highest BCUT2D eigenvalue weighted by molar-refractivity contribution is 5.97. The number of carbonyl (C=O) groups is 2. The minimum Gasteiger partial charge on any atom is -0.487 e. The van der Waals surface area contributed by atoms with E-state index in [2.05, 4.69) is 5.32 Å². The Labute approximate surface area is 221 Å². The summed E-state index contributed by atoms with van der Waals surface area (Å²) in [6.07, 6.45) is 0.803. The number of benzene rings is 5. The van der Waals surface area contributed by atoms with Crippen molar-refractivity contribution in [2.45, 2.75) is 19.4 Å². The highest BCUT2D eigenvalue weighted by Crippen LogP contribution is 2.26. The number of nitrogens with one attached hydrogen (secondary N) is 1. The fourth-order valence-electron chi connectivity index (χ4n) is 4.53. The number of carboxylic acids is 1. The molecule has 0 aliphatic rings. The molecule has 188 valence electrons. The van der Waals surface area contributed by atoms with Gasteiger partial charge >= 0.3 is 5.97 Å². The predicted octanol–water partition coefficient (Wildman–Crippen LogP) is 6.89. The summed E-state index contributed by atoms with van der Waals surface area (Å²) in [6.45, 7) is 0.336. The molecule has 0 bridgehead atoms. The zero-order valence-corrected chi connectivity index (χ0v) is 20.8. The summed E-state index contributed by atoms with van der Waals surface area (Å²) in [6, 6.07) is 36.4. The molecule has 0 aliphatic carbocycles. The van der Waals surface area contributed by atoms with Crippen molar-refractivity contribution in [3.05, 3.63) is 143 Å². The molecular weight excluding hydrogens is 474 g/mol. The van der Waals surface area contributed by atoms with Gasteiger partial charge in [-0.2, -0.15) is 0 Å². The molecule has 0 heterocycles. The summed E-state index contributed by atoms with van der Waals surface area (Å²) < 4.78 is 6.06. The highest BCUT2D eigenvalue weighted by atomic mass is 16.5. The first-order valence-corrected chi connectivity index (χ1v) is 12.4. The second-order valence-electron chi connectivity index (χ2n) is 9.10. The molecule has 0 aromatic heterocycles. The number of fused-ring (bicyclic) bond motifs is 1. The van der Waals surface area contributed by atoms with Crippen molar-refractivity contribution in [2.75, 3.05) is 5.32 Å². The average Bonchev–Trinajstić information content (AvgIpc) is 2.94. The van der Waals surface area contributed by atoms with Gasteiger partial charge in [0.15, 0.2) is 0 Å². The number of rotatable bonds is 9. The number of carboxylic acid groups (broad SMARTS) is 1. The Kier molecular flexibility index (Phi) is 7.46. The lowest BCUT2D eigenvalue weighted by atomic mass is 9.99. The van der Waals surface area contributed by atoms with Gasteiger partial charge in [0.25, 0.3) is 0 Å². The van der Waals surface area contributed by atoms with E-state index in [9.17, 15) is 14.7 Å². The Morgan fingerprint density at radius 3 is 2.18 bits per heavy atom. The van der Waals surface area contributed by atoms with Crippen molar-refractivity contribution in [2.24, 2.45) is 0 Å². The van der Waals surface area contributed by atoms with Gasteiger partial charge in [0, 0.05) is 0 Å². The van der Waals surface area contributed by atoms with Gasteiger partial charge in [0.1, 0.15) is 12.4 Å². The van der Waals surface area contributed by atoms with Crippen LogP contribution in [-0.2, 0) is 24.2 Å². The first-order chi connectivity index (χ1) is 18.6. The van der Waals surface area contributed by atoms with Gasteiger partial charge in [-0.1, -0.05) is 97.1 Å². The summed E-state index contributed by atoms with van der Waals surface area (Å²) in [5, 5.41) is 14.6. The SMILES string of the molecule is O=C(Cc1cccc2ccccc12)Nc1ccccc1OCc1ccc(Cc2ccccc2C(=O)O)cc1. The van der Waals surface area contributed by atoms with Crippen LogP contribution in [0.4, 0.5) is 5.69 Å². The molecule has 0 unspecified atom stereocenters. The van der Waals surface area contributed by atoms with Crippen molar-refractivity contribution < 1.29 is 19.4 Å². The third kappa shape index (κ3) is 5.90. The van der Waals surface area contributed by atoms with Crippen LogP contribution in [0.1, 0.15) is 32.6 Å². The molecule has 1 amide bonds. The van der Waals surface area contributed by atoms with Crippen LogP contribution in [-0.4, -0.2) is 17.0 Å². The molecule has 0 fully saturated rings. The Bertz CT molecular complexity index is 1590. The van der Waals surface area contributed by atoms with E-state index in [1.807, 2.05) is 103 Å². The Hall–Kier alpha value is -4.90. The smallest absolute Gasteiger partial charge is 0.335 e. The monoisotopic (exact) mass is 501 g/mol. The van der Waals surface area contributed by atoms with Crippen molar-refractivity contribution in [1.82, 2.24) is 0 Å². The Balaban J connectivity index is 1.22. The highest BCUT2D eigenvalue weighted by Gasteiger charge is 2.12. The number of para-hydroxylation sites is 2. The Morgan fingerprint density at radius 1 is 0.684 bits per heavy atom. The summed E-state index contributed by atoms with van der Waals surface area (Å²) in [5.74, 6) is -0.435. The molecule has 5 heteroatoms. The third-order valence-corrected chi connectivity index (χ3v) is 6.45. The zero-order valence-electron chi connectivity index (χ0n) is 20.8. The lowest BCUT2D eigenvalue weighted by Crippen LogP contribution is -2.15. The van der Waals surface area contributed by atoms with Crippen LogP contribution in [0.2, 0.25) is 0 Å². The average molecular weight is 502 g/mol. The molecule has 5 aromatic carbocycles. The molecule has 5 nitrogen and oxygen atoms in total. The van der Waals surface area contributed by atoms with Gasteiger partial charge in [0.05, 0.1) is 17.7 Å². The van der Waals surface area contributed by atoms with Gasteiger partial charge in [-0.25, -0.2) is 4.79 Å². The minimum absolute atomic E-state index is 0.108. The third-order valence-electron chi connectivity index (χ3n) is 6.45. The number of hydrogen-bond acceptors (Lipinski definition) is 3. The first-order valence-electron chi connectivity index (χ1n) is 12.4. The van der Waals surface area contributed by atoms with Gasteiger partial charge in [-0.15, -0.1) is 0 Å². The molecule has 38 heavy (non-hydrogen) atoms. The number of hydrogen-bond donors (Lipinski definition) is 2. The molecule has 5 rings (SSSR count). The minimum atomic E-state index is -0.923. The number of anilines is 1. The molecule has 0 radical (unpaired) electrons. The van der Waals surface area contributed by atoms with Crippen LogP contribution in [0.25, 0.3) is 10.8 Å². The number of carbonyl (C=O) groups excluding carboxylic acids is 1. The van der Waals surface area contributed by atoms with Crippen molar-refractivity contribution in [3.63, 3.8) is 0 Å². The topological polar surface area (TPSA) is 75.6 Å². The lowest BCUT2D eigenvalue weighted by Gasteiger charge is -2.13. The first kappa shape index (κ1) is 24.8. The zero-order chi connectivity index (χ0) is 26.3. The molecule has 0 spiro atoms. The van der Waals surface area contributed by atoms with Crippen LogP contribution >= 0.6 is 0 Å². The molecule has 0 aliphatic heterocycles. The van der Waals surface area contributed by atoms with Gasteiger partial charge < -0.3 is 15.2 Å². The van der Waals surface area contributed by atoms with Gasteiger partial charge in [-0.05, 0) is 57.6 Å². The van der Waals surface area contributed by atoms with Crippen molar-refractivity contribution in [1.29, 1.82) is 0 Å². The van der Waals surface area contributed by atoms with E-state index < -0.39 is 5.97 Å². The second kappa shape index (κ2) is 11.4. The fraction of sp³-hybridized carbons (Fsp3) is 0.0909. The van der Waals surface area contributed by atoms with Gasteiger partial charge in [0.2, 0.25) is 5.91 Å². The van der Waals surface area contributed by atoms with Crippen LogP contribution in [0.5, 0.6) is 5.75 Å². The molecular formula is C33H27NO4. The second-order valence-corrected chi connectivity index (χ2v) is 9.10. The van der Waals surface area contributed by atoms with E-state index >= 15 is 0 Å². The maximum Gasteiger partial charge on any atom is 0.335 e. The fourth-order valence-corrected chi connectivity index (χ4v) is 4.53. The summed E-state index contributed by atoms with van der Waals surface area (Å²) >= 11 is 0. The van der Waals surface area contributed by atoms with E-state index in [4.69, 9.17) is 4.74 Å². The van der Waals surface area contributed by atoms with Crippen LogP contribution in [0, 0.1) is 0 Å². The van der Waals surface area contributed by atoms with Crippen LogP contribution in [0.3, 0.4) is 0 Å². The maximum absolute atomic E-state index is 12.9. The summed E-state index contributed by atoms with van der Waals surface area (Å²) in [7, 11) is 0. The van der Waals surface area contributed by atoms with E-state index in [1.165, 1.54) is 0 Å². The molecule has 0 saturated carbocycles. The Morgan fingerprint density at radius 2 is 1.34 bits per heavy atom. The quantitative estimate of drug-likeness (QED) is 0.231. The van der Waals surface area contributed by atoms with E-state index in [-0.39, 0.29) is 12.3 Å². The standard InChI is InChI=1S/C33H27NO4/c35-32(21-27-11-7-10-25-8-1-3-12-28(25)27)34-30-14-5-6-15-31(30)38-22-24-18-16-23(17-19-24)20-26-9-2-4-13-29(26)33(36)37/h1-19H,20-22H2,(H,34,35)(H,36,37). The summed E-state index contributed by atoms with van der Waals surface area (Å²) in [4.78, 5) is 24.4. The normalized spacial score (nSPS) is 10.7. The van der Waals surface area contributed by atoms with Crippen LogP contribution in [0.15, 0.2) is 115 Å². The number of amides is 1.